The van der Waals surface area contributed by atoms with Crippen molar-refractivity contribution in [2.45, 2.75) is 6.92 Å². The predicted molar refractivity (Wildman–Crippen MR) is 78.0 cm³/mol. The summed E-state index contributed by atoms with van der Waals surface area (Å²) < 4.78 is 5.60. The van der Waals surface area contributed by atoms with Crippen LogP contribution in [0.15, 0.2) is 36.4 Å². The zero-order valence-corrected chi connectivity index (χ0v) is 12.2. The van der Waals surface area contributed by atoms with Crippen molar-refractivity contribution in [1.29, 1.82) is 0 Å². The molecule has 0 amide bonds. The molecule has 0 aliphatic rings. The van der Waals surface area contributed by atoms with Crippen molar-refractivity contribution in [2.75, 3.05) is 0 Å². The van der Waals surface area contributed by atoms with Crippen LogP contribution in [0.2, 0.25) is 15.1 Å². The molecule has 0 bridgehead atoms. The topological polar surface area (TPSA) is 26.3 Å². The minimum Gasteiger partial charge on any atom is -0.454 e. The van der Waals surface area contributed by atoms with Crippen LogP contribution in [-0.4, -0.2) is 5.78 Å². The first-order chi connectivity index (χ1) is 9.00. The number of carbonyl (C=O) groups excluding carboxylic acids is 1. The SMILES string of the molecule is CC(=O)c1cc(Cl)c(Oc2ccccc2)c(Cl)c1Cl. The molecule has 2 rings (SSSR count). The van der Waals surface area contributed by atoms with Gasteiger partial charge in [-0.25, -0.2) is 0 Å². The Morgan fingerprint density at radius 3 is 2.26 bits per heavy atom. The maximum absolute atomic E-state index is 11.4. The Labute approximate surface area is 125 Å². The molecule has 2 nitrogen and oxygen atoms in total. The molecule has 0 unspecified atom stereocenters. The third-order valence-electron chi connectivity index (χ3n) is 2.46. The van der Waals surface area contributed by atoms with Gasteiger partial charge in [-0.2, -0.15) is 0 Å². The van der Waals surface area contributed by atoms with Gasteiger partial charge in [0.25, 0.3) is 0 Å². The molecule has 0 fully saturated rings. The van der Waals surface area contributed by atoms with E-state index in [-0.39, 0.29) is 32.2 Å². The number of carbonyl (C=O) groups is 1. The molecule has 0 radical (unpaired) electrons. The van der Waals surface area contributed by atoms with Crippen LogP contribution in [0.3, 0.4) is 0 Å². The monoisotopic (exact) mass is 314 g/mol. The molecule has 0 aliphatic heterocycles. The fraction of sp³-hybridized carbons (Fsp3) is 0.0714. The van der Waals surface area contributed by atoms with E-state index in [4.69, 9.17) is 39.5 Å². The smallest absolute Gasteiger partial charge is 0.166 e. The highest BCUT2D eigenvalue weighted by Gasteiger charge is 2.18. The number of hydrogen-bond acceptors (Lipinski definition) is 2. The molecule has 0 N–H and O–H groups in total. The molecule has 0 spiro atoms. The number of halogens is 3. The molecule has 0 heterocycles. The Balaban J connectivity index is 2.48. The van der Waals surface area contributed by atoms with Crippen LogP contribution in [0.1, 0.15) is 17.3 Å². The molecule has 0 atom stereocenters. The lowest BCUT2D eigenvalue weighted by Gasteiger charge is -2.12. The summed E-state index contributed by atoms with van der Waals surface area (Å²) in [5, 5.41) is 0.510. The van der Waals surface area contributed by atoms with E-state index in [1.165, 1.54) is 13.0 Å². The maximum atomic E-state index is 11.4. The fourth-order valence-electron chi connectivity index (χ4n) is 1.53. The van der Waals surface area contributed by atoms with Crippen LogP contribution >= 0.6 is 34.8 Å². The van der Waals surface area contributed by atoms with E-state index in [9.17, 15) is 4.79 Å². The van der Waals surface area contributed by atoms with E-state index in [1.807, 2.05) is 18.2 Å². The number of para-hydroxylation sites is 1. The molecule has 2 aromatic rings. The molecule has 0 saturated carbocycles. The van der Waals surface area contributed by atoms with Gasteiger partial charge < -0.3 is 4.74 Å². The summed E-state index contributed by atoms with van der Waals surface area (Å²) >= 11 is 18.2. The van der Waals surface area contributed by atoms with Gasteiger partial charge in [-0.15, -0.1) is 0 Å². The van der Waals surface area contributed by atoms with E-state index in [0.29, 0.717) is 5.75 Å². The van der Waals surface area contributed by atoms with Crippen molar-refractivity contribution in [3.8, 4) is 11.5 Å². The zero-order valence-electron chi connectivity index (χ0n) is 9.91. The minimum atomic E-state index is -0.208. The average molecular weight is 316 g/mol. The van der Waals surface area contributed by atoms with E-state index in [0.717, 1.165) is 0 Å². The maximum Gasteiger partial charge on any atom is 0.166 e. The van der Waals surface area contributed by atoms with Crippen LogP contribution in [0.25, 0.3) is 0 Å². The molecule has 2 aromatic carbocycles. The second-order valence-corrected chi connectivity index (χ2v) is 5.00. The summed E-state index contributed by atoms with van der Waals surface area (Å²) in [6.45, 7) is 1.39. The second kappa shape index (κ2) is 5.83. The third-order valence-corrected chi connectivity index (χ3v) is 3.59. The van der Waals surface area contributed by atoms with Crippen LogP contribution < -0.4 is 4.74 Å². The van der Waals surface area contributed by atoms with Gasteiger partial charge in [0.1, 0.15) is 10.8 Å². The summed E-state index contributed by atoms with van der Waals surface area (Å²) in [7, 11) is 0. The number of ether oxygens (including phenoxy) is 1. The Morgan fingerprint density at radius 1 is 1.05 bits per heavy atom. The highest BCUT2D eigenvalue weighted by Crippen LogP contribution is 2.42. The molecular weight excluding hydrogens is 307 g/mol. The average Bonchev–Trinajstić information content (AvgIpc) is 2.40. The fourth-order valence-corrected chi connectivity index (χ4v) is 2.34. The van der Waals surface area contributed by atoms with E-state index in [2.05, 4.69) is 0 Å². The second-order valence-electron chi connectivity index (χ2n) is 3.83. The van der Waals surface area contributed by atoms with Crippen LogP contribution in [0, 0.1) is 0 Å². The number of benzene rings is 2. The van der Waals surface area contributed by atoms with Crippen molar-refractivity contribution in [1.82, 2.24) is 0 Å². The first-order valence-corrected chi connectivity index (χ1v) is 6.55. The van der Waals surface area contributed by atoms with Crippen LogP contribution in [0.5, 0.6) is 11.5 Å². The lowest BCUT2D eigenvalue weighted by Crippen LogP contribution is -1.96. The molecule has 5 heteroatoms. The number of ketones is 1. The summed E-state index contributed by atoms with van der Waals surface area (Å²) in [5.74, 6) is 0.613. The molecule has 19 heavy (non-hydrogen) atoms. The standard InChI is InChI=1S/C14H9Cl3O2/c1-8(18)10-7-11(15)14(13(17)12(10)16)19-9-5-3-2-4-6-9/h2-7H,1H3. The van der Waals surface area contributed by atoms with Gasteiger partial charge in [-0.3, -0.25) is 4.79 Å². The molecule has 98 valence electrons. The molecular formula is C14H9Cl3O2. The van der Waals surface area contributed by atoms with Gasteiger partial charge in [0.05, 0.1) is 10.0 Å². The van der Waals surface area contributed by atoms with Gasteiger partial charge >= 0.3 is 0 Å². The summed E-state index contributed by atoms with van der Waals surface area (Å²) in [5.41, 5.74) is 0.275. The van der Waals surface area contributed by atoms with E-state index < -0.39 is 0 Å². The Kier molecular flexibility index (Phi) is 4.35. The lowest BCUT2D eigenvalue weighted by molar-refractivity contribution is 0.101. The quantitative estimate of drug-likeness (QED) is 0.541. The van der Waals surface area contributed by atoms with Crippen LogP contribution in [-0.2, 0) is 0 Å². The highest BCUT2D eigenvalue weighted by molar-refractivity contribution is 6.46. The van der Waals surface area contributed by atoms with Gasteiger partial charge in [0.2, 0.25) is 0 Å². The highest BCUT2D eigenvalue weighted by atomic mass is 35.5. The third kappa shape index (κ3) is 3.03. The molecule has 0 aliphatic carbocycles. The largest absolute Gasteiger partial charge is 0.454 e. The van der Waals surface area contributed by atoms with Gasteiger partial charge in [0.15, 0.2) is 11.5 Å². The van der Waals surface area contributed by atoms with Gasteiger partial charge in [-0.1, -0.05) is 53.0 Å². The van der Waals surface area contributed by atoms with Crippen molar-refractivity contribution in [2.24, 2.45) is 0 Å². The van der Waals surface area contributed by atoms with Gasteiger partial charge in [-0.05, 0) is 25.1 Å². The Bertz CT molecular complexity index is 624. The number of Topliss-reactive ketones (excluding diaryl/α,β-unsaturated/α-hetero) is 1. The normalized spacial score (nSPS) is 10.3. The summed E-state index contributed by atoms with van der Waals surface area (Å²) in [6, 6.07) is 10.5. The molecule has 0 saturated heterocycles. The summed E-state index contributed by atoms with van der Waals surface area (Å²) in [6.07, 6.45) is 0. The Hall–Kier alpha value is -1.22. The first-order valence-electron chi connectivity index (χ1n) is 5.42. The first kappa shape index (κ1) is 14.2. The Morgan fingerprint density at radius 2 is 1.68 bits per heavy atom. The van der Waals surface area contributed by atoms with Crippen molar-refractivity contribution < 1.29 is 9.53 Å². The van der Waals surface area contributed by atoms with E-state index >= 15 is 0 Å². The predicted octanol–water partition coefficient (Wildman–Crippen LogP) is 5.64. The number of hydrogen-bond donors (Lipinski definition) is 0. The zero-order chi connectivity index (χ0) is 14.0. The van der Waals surface area contributed by atoms with Crippen molar-refractivity contribution in [3.05, 3.63) is 57.0 Å². The number of rotatable bonds is 3. The van der Waals surface area contributed by atoms with E-state index in [1.54, 1.807) is 12.1 Å². The van der Waals surface area contributed by atoms with Crippen molar-refractivity contribution >= 4 is 40.6 Å². The van der Waals surface area contributed by atoms with Gasteiger partial charge in [0, 0.05) is 5.56 Å². The van der Waals surface area contributed by atoms with Crippen LogP contribution in [0.4, 0.5) is 0 Å². The minimum absolute atomic E-state index is 0.128. The lowest BCUT2D eigenvalue weighted by atomic mass is 10.1. The van der Waals surface area contributed by atoms with Crippen molar-refractivity contribution in [3.63, 3.8) is 0 Å². The summed E-state index contributed by atoms with van der Waals surface area (Å²) in [4.78, 5) is 11.4. The molecule has 0 aromatic heterocycles.